The Morgan fingerprint density at radius 3 is 2.11 bits per heavy atom. The lowest BCUT2D eigenvalue weighted by Gasteiger charge is -2.20. The van der Waals surface area contributed by atoms with Crippen LogP contribution < -0.4 is 21.9 Å². The Hall–Kier alpha value is -4.77. The number of aromatic hydroxyl groups is 2. The summed E-state index contributed by atoms with van der Waals surface area (Å²) in [5.41, 5.74) is 2.28. The molecular formula is C25H23N5O6. The molecule has 0 atom stereocenters. The van der Waals surface area contributed by atoms with Crippen molar-refractivity contribution in [3.8, 4) is 11.5 Å². The third kappa shape index (κ3) is 4.72. The summed E-state index contributed by atoms with van der Waals surface area (Å²) in [7, 11) is 0. The second-order valence-corrected chi connectivity index (χ2v) is 8.07. The lowest BCUT2D eigenvalue weighted by Crippen LogP contribution is -2.28. The van der Waals surface area contributed by atoms with Crippen molar-refractivity contribution >= 4 is 29.2 Å². The van der Waals surface area contributed by atoms with Crippen molar-refractivity contribution < 1.29 is 29.4 Å². The fourth-order valence-electron chi connectivity index (χ4n) is 3.89. The van der Waals surface area contributed by atoms with E-state index >= 15 is 0 Å². The Labute approximate surface area is 205 Å². The van der Waals surface area contributed by atoms with Gasteiger partial charge in [-0.15, -0.1) is 0 Å². The average molecular weight is 489 g/mol. The molecule has 0 spiro atoms. The number of nitrogens with two attached hydrogens (primary N) is 1. The van der Waals surface area contributed by atoms with Crippen LogP contribution >= 0.6 is 0 Å². The van der Waals surface area contributed by atoms with E-state index in [4.69, 9.17) is 5.84 Å². The normalized spacial score (nSPS) is 11.9. The monoisotopic (exact) mass is 489 g/mol. The minimum Gasteiger partial charge on any atom is -0.507 e. The van der Waals surface area contributed by atoms with E-state index in [9.17, 15) is 29.4 Å². The number of aromatic nitrogens is 1. The van der Waals surface area contributed by atoms with Gasteiger partial charge in [-0.1, -0.05) is 12.1 Å². The maximum Gasteiger partial charge on any atom is 0.252 e. The maximum absolute atomic E-state index is 12.9. The zero-order chi connectivity index (χ0) is 25.8. The van der Waals surface area contributed by atoms with E-state index < -0.39 is 23.2 Å². The number of hydrazine groups is 1. The number of carbonyl (C=O) groups excluding carboxylic acids is 4. The average Bonchev–Trinajstić information content (AvgIpc) is 2.88. The van der Waals surface area contributed by atoms with Gasteiger partial charge >= 0.3 is 0 Å². The Morgan fingerprint density at radius 2 is 1.47 bits per heavy atom. The molecule has 0 unspecified atom stereocenters. The van der Waals surface area contributed by atoms with E-state index in [1.807, 2.05) is 0 Å². The highest BCUT2D eigenvalue weighted by molar-refractivity contribution is 6.30. The SMILES string of the molecule is NNc1ccc(C(=O)NCCCCNC(=O)c2cc(O)c3c(c2)C(=O)c2cccc(O)c2C3=O)cn1. The number of ketones is 2. The molecule has 4 rings (SSSR count). The van der Waals surface area contributed by atoms with Crippen molar-refractivity contribution in [1.82, 2.24) is 15.6 Å². The predicted molar refractivity (Wildman–Crippen MR) is 129 cm³/mol. The smallest absolute Gasteiger partial charge is 0.252 e. The number of carbonyl (C=O) groups is 4. The minimum atomic E-state index is -0.688. The van der Waals surface area contributed by atoms with Crippen LogP contribution in [0.5, 0.6) is 11.5 Å². The molecule has 1 aliphatic rings. The van der Waals surface area contributed by atoms with Crippen molar-refractivity contribution in [2.45, 2.75) is 12.8 Å². The van der Waals surface area contributed by atoms with Gasteiger partial charge < -0.3 is 26.3 Å². The van der Waals surface area contributed by atoms with E-state index in [1.165, 1.54) is 30.5 Å². The number of phenols is 2. The van der Waals surface area contributed by atoms with Crippen LogP contribution in [0.15, 0.2) is 48.7 Å². The summed E-state index contributed by atoms with van der Waals surface area (Å²) in [6.45, 7) is 0.669. The number of hydrogen-bond donors (Lipinski definition) is 6. The number of benzene rings is 2. The fourth-order valence-corrected chi connectivity index (χ4v) is 3.89. The van der Waals surface area contributed by atoms with Gasteiger partial charge in [0, 0.05) is 36.0 Å². The summed E-state index contributed by atoms with van der Waals surface area (Å²) < 4.78 is 0. The lowest BCUT2D eigenvalue weighted by molar-refractivity contribution is 0.0938. The highest BCUT2D eigenvalue weighted by atomic mass is 16.3. The molecule has 11 heteroatoms. The van der Waals surface area contributed by atoms with Gasteiger partial charge in [-0.25, -0.2) is 10.8 Å². The van der Waals surface area contributed by atoms with Gasteiger partial charge in [0.25, 0.3) is 11.8 Å². The lowest BCUT2D eigenvalue weighted by atomic mass is 9.82. The van der Waals surface area contributed by atoms with Crippen LogP contribution in [0.4, 0.5) is 5.82 Å². The molecule has 3 aromatic rings. The van der Waals surface area contributed by atoms with Crippen LogP contribution in [0.3, 0.4) is 0 Å². The number of phenolic OH excluding ortho intramolecular Hbond substituents is 2. The van der Waals surface area contributed by atoms with E-state index in [0.29, 0.717) is 30.8 Å². The molecule has 0 radical (unpaired) electrons. The standard InChI is InChI=1S/C25H23N5O6/c26-30-19-7-6-13(12-29-19)24(35)27-8-1-2-9-28-25(36)14-10-16-21(18(32)11-14)23(34)20-15(22(16)33)4-3-5-17(20)31/h3-7,10-12,31-32H,1-2,8-9,26H2,(H,27,35)(H,28,36)(H,29,30). The van der Waals surface area contributed by atoms with Gasteiger partial charge in [-0.05, 0) is 43.2 Å². The number of nitrogens with one attached hydrogen (secondary N) is 3. The van der Waals surface area contributed by atoms with Crippen LogP contribution in [-0.2, 0) is 0 Å². The Morgan fingerprint density at radius 1 is 0.806 bits per heavy atom. The van der Waals surface area contributed by atoms with Gasteiger partial charge in [-0.3, -0.25) is 19.2 Å². The van der Waals surface area contributed by atoms with Crippen LogP contribution in [0.1, 0.15) is 65.4 Å². The summed E-state index contributed by atoms with van der Waals surface area (Å²) in [5, 5.41) is 25.9. The number of anilines is 1. The first-order valence-corrected chi connectivity index (χ1v) is 11.1. The third-order valence-corrected chi connectivity index (χ3v) is 5.71. The number of rotatable bonds is 8. The van der Waals surface area contributed by atoms with Gasteiger partial charge in [0.15, 0.2) is 5.78 Å². The molecule has 184 valence electrons. The molecule has 1 heterocycles. The zero-order valence-corrected chi connectivity index (χ0v) is 19.0. The molecule has 1 aromatic heterocycles. The van der Waals surface area contributed by atoms with Gasteiger partial charge in [0.05, 0.1) is 16.7 Å². The van der Waals surface area contributed by atoms with Crippen molar-refractivity contribution in [3.63, 3.8) is 0 Å². The van der Waals surface area contributed by atoms with Gasteiger partial charge in [0.2, 0.25) is 5.78 Å². The number of nitrogen functional groups attached to an aromatic ring is 1. The van der Waals surface area contributed by atoms with Crippen LogP contribution in [0, 0.1) is 0 Å². The molecule has 0 saturated heterocycles. The number of unbranched alkanes of at least 4 members (excludes halogenated alkanes) is 1. The Kier molecular flexibility index (Phi) is 6.93. The number of amides is 2. The van der Waals surface area contributed by atoms with Gasteiger partial charge in [-0.2, -0.15) is 0 Å². The molecule has 0 aliphatic heterocycles. The summed E-state index contributed by atoms with van der Waals surface area (Å²) in [6, 6.07) is 9.67. The molecule has 36 heavy (non-hydrogen) atoms. The largest absolute Gasteiger partial charge is 0.507 e. The second kappa shape index (κ2) is 10.2. The van der Waals surface area contributed by atoms with Crippen molar-refractivity contribution in [2.75, 3.05) is 18.5 Å². The molecule has 11 nitrogen and oxygen atoms in total. The quantitative estimate of drug-likeness (QED) is 0.121. The Bertz CT molecular complexity index is 1370. The fraction of sp³-hybridized carbons (Fsp3) is 0.160. The minimum absolute atomic E-state index is 0.00859. The Balaban J connectivity index is 1.32. The van der Waals surface area contributed by atoms with E-state index in [0.717, 1.165) is 6.07 Å². The first-order chi connectivity index (χ1) is 17.3. The first kappa shape index (κ1) is 24.4. The summed E-state index contributed by atoms with van der Waals surface area (Å²) in [4.78, 5) is 54.4. The molecule has 0 fully saturated rings. The number of nitrogens with zero attached hydrogens (tertiary/aromatic N) is 1. The summed E-state index contributed by atoms with van der Waals surface area (Å²) in [5.74, 6) is 2.74. The van der Waals surface area contributed by atoms with Crippen LogP contribution in [-0.4, -0.2) is 51.7 Å². The highest BCUT2D eigenvalue weighted by Gasteiger charge is 2.34. The maximum atomic E-state index is 12.9. The summed E-state index contributed by atoms with van der Waals surface area (Å²) >= 11 is 0. The second-order valence-electron chi connectivity index (χ2n) is 8.07. The van der Waals surface area contributed by atoms with Crippen molar-refractivity contribution in [2.24, 2.45) is 5.84 Å². The van der Waals surface area contributed by atoms with Crippen molar-refractivity contribution in [1.29, 1.82) is 0 Å². The van der Waals surface area contributed by atoms with Gasteiger partial charge in [0.1, 0.15) is 17.3 Å². The molecule has 2 amide bonds. The van der Waals surface area contributed by atoms with Crippen LogP contribution in [0.2, 0.25) is 0 Å². The molecule has 0 saturated carbocycles. The number of fused-ring (bicyclic) bond motifs is 2. The van der Waals surface area contributed by atoms with E-state index in [1.54, 1.807) is 12.1 Å². The zero-order valence-electron chi connectivity index (χ0n) is 19.0. The highest BCUT2D eigenvalue weighted by Crippen LogP contribution is 2.37. The molecule has 2 aromatic carbocycles. The third-order valence-electron chi connectivity index (χ3n) is 5.71. The summed E-state index contributed by atoms with van der Waals surface area (Å²) in [6.07, 6.45) is 2.55. The molecular weight excluding hydrogens is 466 g/mol. The van der Waals surface area contributed by atoms with Crippen LogP contribution in [0.25, 0.3) is 0 Å². The topological polar surface area (TPSA) is 184 Å². The first-order valence-electron chi connectivity index (χ1n) is 11.1. The number of pyridine rings is 1. The van der Waals surface area contributed by atoms with Crippen molar-refractivity contribution in [3.05, 3.63) is 82.0 Å². The molecule has 7 N–H and O–H groups in total. The molecule has 0 bridgehead atoms. The number of hydrogen-bond acceptors (Lipinski definition) is 9. The van der Waals surface area contributed by atoms with E-state index in [-0.39, 0.29) is 46.0 Å². The predicted octanol–water partition coefficient (Wildman–Crippen LogP) is 1.49. The molecule has 1 aliphatic carbocycles. The van der Waals surface area contributed by atoms with E-state index in [2.05, 4.69) is 21.0 Å².